The molecule has 9 nitrogen and oxygen atoms in total. The first-order valence-corrected chi connectivity index (χ1v) is 11.4. The molecule has 0 heterocycles. The van der Waals surface area contributed by atoms with E-state index in [1.165, 1.54) is 67.8 Å². The minimum Gasteiger partial charge on any atom is -0.495 e. The van der Waals surface area contributed by atoms with Gasteiger partial charge in [-0.25, -0.2) is 8.42 Å². The quantitative estimate of drug-likeness (QED) is 0.370. The van der Waals surface area contributed by atoms with Crippen LogP contribution in [0.25, 0.3) is 0 Å². The molecule has 0 atom stereocenters. The Morgan fingerprint density at radius 2 is 1.82 bits per heavy atom. The number of nitrogens with one attached hydrogen (secondary N) is 1. The fraction of sp³-hybridized carbons (Fsp3) is 0.136. The summed E-state index contributed by atoms with van der Waals surface area (Å²) < 4.78 is 33.4. The van der Waals surface area contributed by atoms with E-state index in [0.717, 1.165) is 4.31 Å². The van der Waals surface area contributed by atoms with E-state index in [0.29, 0.717) is 10.6 Å². The van der Waals surface area contributed by atoms with E-state index in [-0.39, 0.29) is 27.7 Å². The van der Waals surface area contributed by atoms with Crippen LogP contribution in [0.1, 0.15) is 5.56 Å². The molecule has 0 spiro atoms. The van der Waals surface area contributed by atoms with Gasteiger partial charge in [0.25, 0.3) is 15.7 Å². The summed E-state index contributed by atoms with van der Waals surface area (Å²) in [6.45, 7) is 1.14. The Kier molecular flexibility index (Phi) is 7.19. The van der Waals surface area contributed by atoms with Gasteiger partial charge in [-0.05, 0) is 55.0 Å². The SMILES string of the molecule is COc1ccc(C)cc1S(=O)(=O)N(CC(=O)Nc1cccc([N+](=O)[O-])c1)c1ccc(Cl)cc1. The third-order valence-electron chi connectivity index (χ3n) is 4.63. The van der Waals surface area contributed by atoms with Crippen molar-refractivity contribution in [1.82, 2.24) is 0 Å². The number of rotatable bonds is 8. The van der Waals surface area contributed by atoms with Gasteiger partial charge in [0.1, 0.15) is 17.2 Å². The molecular weight excluding hydrogens is 470 g/mol. The van der Waals surface area contributed by atoms with Crippen LogP contribution in [0, 0.1) is 17.0 Å². The van der Waals surface area contributed by atoms with Crippen LogP contribution in [0.5, 0.6) is 5.75 Å². The summed E-state index contributed by atoms with van der Waals surface area (Å²) in [5.74, 6) is -0.570. The molecule has 0 aliphatic rings. The fourth-order valence-electron chi connectivity index (χ4n) is 3.05. The molecule has 3 aromatic carbocycles. The minimum absolute atomic E-state index is 0.108. The van der Waals surface area contributed by atoms with Crippen LogP contribution >= 0.6 is 11.6 Å². The van der Waals surface area contributed by atoms with Gasteiger partial charge in [0.15, 0.2) is 0 Å². The van der Waals surface area contributed by atoms with Crippen LogP contribution in [0.3, 0.4) is 0 Å². The zero-order chi connectivity index (χ0) is 24.2. The molecule has 1 N–H and O–H groups in total. The third kappa shape index (κ3) is 5.60. The van der Waals surface area contributed by atoms with Crippen molar-refractivity contribution in [3.8, 4) is 5.75 Å². The molecule has 0 radical (unpaired) electrons. The number of non-ortho nitro benzene ring substituents is 1. The van der Waals surface area contributed by atoms with Crippen molar-refractivity contribution in [3.63, 3.8) is 0 Å². The number of nitrogens with zero attached hydrogens (tertiary/aromatic N) is 2. The maximum absolute atomic E-state index is 13.6. The molecule has 0 aliphatic heterocycles. The first-order valence-electron chi connectivity index (χ1n) is 9.59. The molecule has 0 saturated carbocycles. The largest absolute Gasteiger partial charge is 0.495 e. The van der Waals surface area contributed by atoms with E-state index < -0.39 is 27.4 Å². The second-order valence-corrected chi connectivity index (χ2v) is 9.27. The molecule has 3 aromatic rings. The first kappa shape index (κ1) is 24.0. The highest BCUT2D eigenvalue weighted by molar-refractivity contribution is 7.93. The lowest BCUT2D eigenvalue weighted by Gasteiger charge is -2.25. The number of nitro benzene ring substituents is 1. The van der Waals surface area contributed by atoms with Gasteiger partial charge in [-0.2, -0.15) is 0 Å². The summed E-state index contributed by atoms with van der Waals surface area (Å²) in [4.78, 5) is 23.1. The summed E-state index contributed by atoms with van der Waals surface area (Å²) in [5, 5.41) is 13.9. The number of ether oxygens (including phenoxy) is 1. The Morgan fingerprint density at radius 3 is 2.45 bits per heavy atom. The molecule has 172 valence electrons. The van der Waals surface area contributed by atoms with Gasteiger partial charge in [-0.3, -0.25) is 19.2 Å². The zero-order valence-electron chi connectivity index (χ0n) is 17.7. The summed E-state index contributed by atoms with van der Waals surface area (Å²) >= 11 is 5.95. The van der Waals surface area contributed by atoms with Gasteiger partial charge < -0.3 is 10.1 Å². The predicted octanol–water partition coefficient (Wildman–Crippen LogP) is 4.40. The van der Waals surface area contributed by atoms with Gasteiger partial charge in [-0.15, -0.1) is 0 Å². The van der Waals surface area contributed by atoms with Crippen LogP contribution in [-0.4, -0.2) is 32.9 Å². The number of carbonyl (C=O) groups is 1. The summed E-state index contributed by atoms with van der Waals surface area (Å²) in [6, 6.07) is 16.0. The van der Waals surface area contributed by atoms with E-state index in [1.54, 1.807) is 13.0 Å². The van der Waals surface area contributed by atoms with E-state index in [1.807, 2.05) is 0 Å². The minimum atomic E-state index is -4.24. The van der Waals surface area contributed by atoms with Gasteiger partial charge in [-0.1, -0.05) is 23.7 Å². The van der Waals surface area contributed by atoms with Crippen molar-refractivity contribution in [2.45, 2.75) is 11.8 Å². The molecule has 0 bridgehead atoms. The topological polar surface area (TPSA) is 119 Å². The van der Waals surface area contributed by atoms with Crippen LogP contribution in [0.15, 0.2) is 71.6 Å². The lowest BCUT2D eigenvalue weighted by molar-refractivity contribution is -0.384. The average Bonchev–Trinajstić information content (AvgIpc) is 2.78. The van der Waals surface area contributed by atoms with Crippen molar-refractivity contribution in [1.29, 1.82) is 0 Å². The van der Waals surface area contributed by atoms with E-state index >= 15 is 0 Å². The number of nitro groups is 1. The van der Waals surface area contributed by atoms with Crippen molar-refractivity contribution in [2.24, 2.45) is 0 Å². The Balaban J connectivity index is 2.00. The monoisotopic (exact) mass is 489 g/mol. The number of anilines is 2. The smallest absolute Gasteiger partial charge is 0.271 e. The molecular formula is C22H20ClN3O6S. The molecule has 11 heteroatoms. The molecule has 33 heavy (non-hydrogen) atoms. The Hall–Kier alpha value is -3.63. The Bertz CT molecular complexity index is 1300. The predicted molar refractivity (Wildman–Crippen MR) is 125 cm³/mol. The normalized spacial score (nSPS) is 11.0. The van der Waals surface area contributed by atoms with Gasteiger partial charge >= 0.3 is 0 Å². The molecule has 0 fully saturated rings. The second-order valence-electron chi connectivity index (χ2n) is 7.00. The standard InChI is InChI=1S/C22H20ClN3O6S/c1-15-6-11-20(32-2)21(12-15)33(30,31)25(18-9-7-16(23)8-10-18)14-22(27)24-17-4-3-5-19(13-17)26(28)29/h3-13H,14H2,1-2H3,(H,24,27). The highest BCUT2D eigenvalue weighted by Gasteiger charge is 2.30. The van der Waals surface area contributed by atoms with Crippen LogP contribution in [-0.2, 0) is 14.8 Å². The van der Waals surface area contributed by atoms with Crippen molar-refractivity contribution in [3.05, 3.63) is 87.4 Å². The summed E-state index contributed by atoms with van der Waals surface area (Å²) in [6.07, 6.45) is 0. The van der Waals surface area contributed by atoms with Gasteiger partial charge in [0.05, 0.1) is 17.7 Å². The number of benzene rings is 3. The zero-order valence-corrected chi connectivity index (χ0v) is 19.3. The number of sulfonamides is 1. The van der Waals surface area contributed by atoms with Crippen LogP contribution < -0.4 is 14.4 Å². The molecule has 3 rings (SSSR count). The first-order chi connectivity index (χ1) is 15.6. The fourth-order valence-corrected chi connectivity index (χ4v) is 4.85. The highest BCUT2D eigenvalue weighted by atomic mass is 35.5. The van der Waals surface area contributed by atoms with E-state index in [9.17, 15) is 23.3 Å². The lowest BCUT2D eigenvalue weighted by atomic mass is 10.2. The van der Waals surface area contributed by atoms with Gasteiger partial charge in [0, 0.05) is 22.8 Å². The second kappa shape index (κ2) is 9.88. The molecule has 0 aromatic heterocycles. The lowest BCUT2D eigenvalue weighted by Crippen LogP contribution is -2.38. The number of methoxy groups -OCH3 is 1. The van der Waals surface area contributed by atoms with E-state index in [2.05, 4.69) is 5.32 Å². The molecule has 1 amide bonds. The van der Waals surface area contributed by atoms with Crippen LogP contribution in [0.2, 0.25) is 5.02 Å². The average molecular weight is 490 g/mol. The van der Waals surface area contributed by atoms with Crippen molar-refractivity contribution < 1.29 is 22.9 Å². The number of amides is 1. The summed E-state index contributed by atoms with van der Waals surface area (Å²) in [7, 11) is -2.89. The summed E-state index contributed by atoms with van der Waals surface area (Å²) in [5.41, 5.74) is 0.846. The maximum atomic E-state index is 13.6. The van der Waals surface area contributed by atoms with Gasteiger partial charge in [0.2, 0.25) is 5.91 Å². The molecule has 0 saturated heterocycles. The number of aryl methyl sites for hydroxylation is 1. The maximum Gasteiger partial charge on any atom is 0.271 e. The number of carbonyl (C=O) groups excluding carboxylic acids is 1. The van der Waals surface area contributed by atoms with E-state index in [4.69, 9.17) is 16.3 Å². The van der Waals surface area contributed by atoms with Crippen molar-refractivity contribution in [2.75, 3.05) is 23.3 Å². The number of halogens is 1. The molecule has 0 unspecified atom stereocenters. The third-order valence-corrected chi connectivity index (χ3v) is 6.68. The number of hydrogen-bond donors (Lipinski definition) is 1. The van der Waals surface area contributed by atoms with Crippen molar-refractivity contribution >= 4 is 44.6 Å². The molecule has 0 aliphatic carbocycles. The Labute approximate surface area is 195 Å². The highest BCUT2D eigenvalue weighted by Crippen LogP contribution is 2.31. The Morgan fingerprint density at radius 1 is 1.12 bits per heavy atom. The van der Waals surface area contributed by atoms with Crippen LogP contribution in [0.4, 0.5) is 17.1 Å². The number of hydrogen-bond acceptors (Lipinski definition) is 6.